The van der Waals surface area contributed by atoms with Gasteiger partial charge in [-0.2, -0.15) is 0 Å². The summed E-state index contributed by atoms with van der Waals surface area (Å²) >= 11 is 5.92. The number of carbonyl (C=O) groups is 2. The molecule has 0 aromatic heterocycles. The van der Waals surface area contributed by atoms with Crippen LogP contribution in [0.3, 0.4) is 0 Å². The predicted molar refractivity (Wildman–Crippen MR) is 92.8 cm³/mol. The summed E-state index contributed by atoms with van der Waals surface area (Å²) in [6.07, 6.45) is 3.61. The Morgan fingerprint density at radius 2 is 1.92 bits per heavy atom. The molecule has 1 amide bonds. The van der Waals surface area contributed by atoms with Crippen molar-refractivity contribution in [1.82, 2.24) is 15.8 Å². The first-order valence-electron chi connectivity index (χ1n) is 8.84. The third kappa shape index (κ3) is 3.03. The summed E-state index contributed by atoms with van der Waals surface area (Å²) in [6, 6.07) is 6.48. The van der Waals surface area contributed by atoms with Gasteiger partial charge in [-0.1, -0.05) is 30.2 Å². The average Bonchev–Trinajstić information content (AvgIpc) is 3.29. The molecule has 5 unspecified atom stereocenters. The van der Waals surface area contributed by atoms with Gasteiger partial charge in [-0.05, 0) is 48.8 Å². The molecule has 0 spiro atoms. The Hall–Kier alpha value is -1.63. The Bertz CT molecular complexity index is 681. The molecule has 134 valence electrons. The predicted octanol–water partition coefficient (Wildman–Crippen LogP) is 1.96. The highest BCUT2D eigenvalue weighted by atomic mass is 35.5. The second-order valence-corrected chi connectivity index (χ2v) is 7.75. The summed E-state index contributed by atoms with van der Waals surface area (Å²) in [4.78, 5) is 26.3. The molecule has 2 heterocycles. The SMILES string of the molecule is O=C(O)C1C2CCCC2CN1C(=O)C1CC(c2ccc(Cl)cc2)NN1. The number of carboxylic acid groups (broad SMARTS) is 1. The lowest BCUT2D eigenvalue weighted by Gasteiger charge is -2.26. The number of likely N-dealkylation sites (tertiary alicyclic amines) is 1. The van der Waals surface area contributed by atoms with Gasteiger partial charge < -0.3 is 10.0 Å². The molecular weight excluding hydrogens is 342 g/mol. The molecule has 1 saturated carbocycles. The molecule has 1 aromatic carbocycles. The van der Waals surface area contributed by atoms with Crippen LogP contribution in [0.4, 0.5) is 0 Å². The Labute approximate surface area is 151 Å². The number of benzene rings is 1. The zero-order valence-corrected chi connectivity index (χ0v) is 14.6. The van der Waals surface area contributed by atoms with Crippen LogP contribution in [-0.2, 0) is 9.59 Å². The molecule has 2 saturated heterocycles. The number of hydrogen-bond donors (Lipinski definition) is 3. The molecule has 1 aromatic rings. The summed E-state index contributed by atoms with van der Waals surface area (Å²) in [6.45, 7) is 0.574. The van der Waals surface area contributed by atoms with E-state index in [1.807, 2.05) is 24.3 Å². The van der Waals surface area contributed by atoms with Crippen molar-refractivity contribution in [2.45, 2.75) is 43.8 Å². The second kappa shape index (κ2) is 6.59. The number of carboxylic acids is 1. The number of rotatable bonds is 3. The van der Waals surface area contributed by atoms with Crippen molar-refractivity contribution >= 4 is 23.5 Å². The van der Waals surface area contributed by atoms with E-state index in [2.05, 4.69) is 10.9 Å². The monoisotopic (exact) mass is 363 g/mol. The molecule has 0 radical (unpaired) electrons. The van der Waals surface area contributed by atoms with Crippen LogP contribution in [0.15, 0.2) is 24.3 Å². The van der Waals surface area contributed by atoms with Gasteiger partial charge in [0, 0.05) is 17.6 Å². The van der Waals surface area contributed by atoms with Crippen molar-refractivity contribution in [3.05, 3.63) is 34.9 Å². The lowest BCUT2D eigenvalue weighted by atomic mass is 9.94. The van der Waals surface area contributed by atoms with Crippen molar-refractivity contribution in [2.24, 2.45) is 11.8 Å². The van der Waals surface area contributed by atoms with E-state index < -0.39 is 18.1 Å². The van der Waals surface area contributed by atoms with Crippen molar-refractivity contribution in [3.8, 4) is 0 Å². The highest BCUT2D eigenvalue weighted by Gasteiger charge is 2.51. The lowest BCUT2D eigenvalue weighted by Crippen LogP contribution is -2.50. The molecule has 7 heteroatoms. The molecular formula is C18H22ClN3O3. The van der Waals surface area contributed by atoms with E-state index in [9.17, 15) is 14.7 Å². The summed E-state index contributed by atoms with van der Waals surface area (Å²) in [7, 11) is 0. The topological polar surface area (TPSA) is 81.7 Å². The third-order valence-electron chi connectivity index (χ3n) is 5.90. The molecule has 5 atom stereocenters. The van der Waals surface area contributed by atoms with Gasteiger partial charge in [0.25, 0.3) is 0 Å². The first kappa shape index (κ1) is 16.8. The van der Waals surface area contributed by atoms with Crippen molar-refractivity contribution in [1.29, 1.82) is 0 Å². The zero-order valence-electron chi connectivity index (χ0n) is 13.8. The second-order valence-electron chi connectivity index (χ2n) is 7.31. The van der Waals surface area contributed by atoms with Crippen LogP contribution in [0.5, 0.6) is 0 Å². The van der Waals surface area contributed by atoms with Gasteiger partial charge in [-0.3, -0.25) is 4.79 Å². The van der Waals surface area contributed by atoms with Crippen LogP contribution < -0.4 is 10.9 Å². The molecule has 25 heavy (non-hydrogen) atoms. The standard InChI is InChI=1S/C18H22ClN3O3/c19-12-6-4-10(5-7-12)14-8-15(21-20-14)17(23)22-9-11-2-1-3-13(11)16(22)18(24)25/h4-7,11,13-16,20-21H,1-3,8-9H2,(H,24,25). The number of hydrogen-bond acceptors (Lipinski definition) is 4. The highest BCUT2D eigenvalue weighted by Crippen LogP contribution is 2.42. The van der Waals surface area contributed by atoms with Gasteiger partial charge in [-0.15, -0.1) is 0 Å². The fraction of sp³-hybridized carbons (Fsp3) is 0.556. The number of aliphatic carboxylic acids is 1. The van der Waals surface area contributed by atoms with E-state index in [0.29, 0.717) is 23.9 Å². The summed E-state index contributed by atoms with van der Waals surface area (Å²) in [5, 5.41) is 10.3. The normalized spacial score (nSPS) is 34.3. The van der Waals surface area contributed by atoms with E-state index in [0.717, 1.165) is 24.8 Å². The number of nitrogens with zero attached hydrogens (tertiary/aromatic N) is 1. The fourth-order valence-corrected chi connectivity index (χ4v) is 4.81. The molecule has 4 rings (SSSR count). The zero-order chi connectivity index (χ0) is 17.6. The highest BCUT2D eigenvalue weighted by molar-refractivity contribution is 6.30. The molecule has 6 nitrogen and oxygen atoms in total. The quantitative estimate of drug-likeness (QED) is 0.764. The van der Waals surface area contributed by atoms with E-state index in [4.69, 9.17) is 11.6 Å². The van der Waals surface area contributed by atoms with Crippen LogP contribution in [0, 0.1) is 11.8 Å². The van der Waals surface area contributed by atoms with Crippen LogP contribution in [0.25, 0.3) is 0 Å². The maximum absolute atomic E-state index is 13.0. The van der Waals surface area contributed by atoms with Crippen LogP contribution in [0.1, 0.15) is 37.3 Å². The first-order chi connectivity index (χ1) is 12.0. The number of halogens is 1. The Kier molecular flexibility index (Phi) is 4.43. The number of amides is 1. The smallest absolute Gasteiger partial charge is 0.326 e. The van der Waals surface area contributed by atoms with E-state index in [1.165, 1.54) is 0 Å². The van der Waals surface area contributed by atoms with Gasteiger partial charge in [0.15, 0.2) is 0 Å². The van der Waals surface area contributed by atoms with E-state index in [-0.39, 0.29) is 17.9 Å². The van der Waals surface area contributed by atoms with Gasteiger partial charge in [0.05, 0.1) is 0 Å². The Morgan fingerprint density at radius 1 is 1.16 bits per heavy atom. The number of hydrazine groups is 1. The minimum absolute atomic E-state index is 0.0107. The summed E-state index contributed by atoms with van der Waals surface area (Å²) < 4.78 is 0. The molecule has 3 aliphatic rings. The van der Waals surface area contributed by atoms with Crippen molar-refractivity contribution in [3.63, 3.8) is 0 Å². The molecule has 3 N–H and O–H groups in total. The number of fused-ring (bicyclic) bond motifs is 1. The molecule has 0 bridgehead atoms. The van der Waals surface area contributed by atoms with Gasteiger partial charge >= 0.3 is 5.97 Å². The third-order valence-corrected chi connectivity index (χ3v) is 6.15. The molecule has 1 aliphatic carbocycles. The van der Waals surface area contributed by atoms with E-state index >= 15 is 0 Å². The van der Waals surface area contributed by atoms with Crippen LogP contribution in [-0.4, -0.2) is 40.5 Å². The first-order valence-corrected chi connectivity index (χ1v) is 9.22. The number of carbonyl (C=O) groups excluding carboxylic acids is 1. The largest absolute Gasteiger partial charge is 0.480 e. The molecule has 3 fully saturated rings. The Balaban J connectivity index is 1.46. The van der Waals surface area contributed by atoms with Crippen molar-refractivity contribution < 1.29 is 14.7 Å². The fourth-order valence-electron chi connectivity index (χ4n) is 4.68. The summed E-state index contributed by atoms with van der Waals surface area (Å²) in [5.41, 5.74) is 7.26. The number of nitrogens with one attached hydrogen (secondary N) is 2. The van der Waals surface area contributed by atoms with Gasteiger partial charge in [0.2, 0.25) is 5.91 Å². The Morgan fingerprint density at radius 3 is 2.64 bits per heavy atom. The maximum Gasteiger partial charge on any atom is 0.326 e. The molecule has 2 aliphatic heterocycles. The van der Waals surface area contributed by atoms with E-state index in [1.54, 1.807) is 4.90 Å². The lowest BCUT2D eigenvalue weighted by molar-refractivity contribution is -0.150. The maximum atomic E-state index is 13.0. The minimum atomic E-state index is -0.872. The van der Waals surface area contributed by atoms with Crippen LogP contribution >= 0.6 is 11.6 Å². The van der Waals surface area contributed by atoms with Crippen molar-refractivity contribution in [2.75, 3.05) is 6.54 Å². The summed E-state index contributed by atoms with van der Waals surface area (Å²) in [5.74, 6) is -0.525. The average molecular weight is 364 g/mol. The van der Waals surface area contributed by atoms with Gasteiger partial charge in [0.1, 0.15) is 12.1 Å². The minimum Gasteiger partial charge on any atom is -0.480 e. The van der Waals surface area contributed by atoms with Gasteiger partial charge in [-0.25, -0.2) is 15.6 Å². The van der Waals surface area contributed by atoms with Crippen LogP contribution in [0.2, 0.25) is 5.02 Å².